The first-order chi connectivity index (χ1) is 10.9. The molecular formula is C17H21N. The molecule has 94 valence electrons. The monoisotopic (exact) mass is 245 g/mol. The van der Waals surface area contributed by atoms with Crippen molar-refractivity contribution in [3.05, 3.63) is 53.2 Å². The van der Waals surface area contributed by atoms with Crippen LogP contribution < -0.4 is 0 Å². The summed E-state index contributed by atoms with van der Waals surface area (Å²) in [7, 11) is 0. The molecular weight excluding hydrogens is 218 g/mol. The van der Waals surface area contributed by atoms with E-state index < -0.39 is 19.1 Å². The van der Waals surface area contributed by atoms with Gasteiger partial charge in [0, 0.05) is 20.0 Å². The highest BCUT2D eigenvalue weighted by Crippen LogP contribution is 2.27. The van der Waals surface area contributed by atoms with E-state index in [-0.39, 0.29) is 11.1 Å². The predicted octanol–water partition coefficient (Wildman–Crippen LogP) is 4.74. The van der Waals surface area contributed by atoms with E-state index in [1.54, 1.807) is 6.07 Å². The van der Waals surface area contributed by atoms with Gasteiger partial charge in [-0.05, 0) is 41.9 Å². The molecule has 0 aliphatic carbocycles. The van der Waals surface area contributed by atoms with E-state index in [0.717, 1.165) is 11.1 Å². The van der Waals surface area contributed by atoms with Gasteiger partial charge in [-0.2, -0.15) is 0 Å². The normalized spacial score (nSPS) is 20.6. The van der Waals surface area contributed by atoms with Crippen molar-refractivity contribution in [1.29, 1.82) is 0 Å². The summed E-state index contributed by atoms with van der Waals surface area (Å²) in [5, 5.41) is 0. The minimum atomic E-state index is -2.59. The maximum Gasteiger partial charge on any atom is 0.0707 e. The first-order valence-corrected chi connectivity index (χ1v) is 5.93. The topological polar surface area (TPSA) is 12.9 Å². The van der Waals surface area contributed by atoms with E-state index in [0.29, 0.717) is 5.69 Å². The molecule has 1 aromatic carbocycles. The summed E-state index contributed by atoms with van der Waals surface area (Å²) in [4.78, 5) is 4.33. The number of rotatable bonds is 3. The fraction of sp³-hybridized carbons (Fsp3) is 0.353. The molecule has 0 radical (unpaired) electrons. The summed E-state index contributed by atoms with van der Waals surface area (Å²) >= 11 is 0. The Labute approximate surface area is 118 Å². The largest absolute Gasteiger partial charge is 0.256 e. The van der Waals surface area contributed by atoms with Crippen LogP contribution in [0.3, 0.4) is 0 Å². The van der Waals surface area contributed by atoms with Crippen molar-refractivity contribution >= 4 is 0 Å². The SMILES string of the molecule is [2H]C([2H])(C)c1cnc(-c2ccccc2C)cc1C([2H])(C)C([2H])([2H])[2H]. The van der Waals surface area contributed by atoms with Gasteiger partial charge in [0.1, 0.15) is 0 Å². The lowest BCUT2D eigenvalue weighted by molar-refractivity contribution is 0.839. The minimum absolute atomic E-state index is 0.133. The molecule has 0 bridgehead atoms. The zero-order chi connectivity index (χ0) is 18.3. The van der Waals surface area contributed by atoms with E-state index in [9.17, 15) is 0 Å². The lowest BCUT2D eigenvalue weighted by Crippen LogP contribution is -1.98. The Kier molecular flexibility index (Phi) is 2.10. The highest BCUT2D eigenvalue weighted by atomic mass is 14.7. The molecule has 1 unspecified atom stereocenters. The smallest absolute Gasteiger partial charge is 0.0707 e. The number of nitrogens with zero attached hydrogens (tertiary/aromatic N) is 1. The summed E-state index contributed by atoms with van der Waals surface area (Å²) in [5.74, 6) is -1.94. The number of hydrogen-bond acceptors (Lipinski definition) is 1. The lowest BCUT2D eigenvalue weighted by Gasteiger charge is -2.14. The van der Waals surface area contributed by atoms with Crippen molar-refractivity contribution < 1.29 is 8.22 Å². The predicted molar refractivity (Wildman–Crippen MR) is 77.9 cm³/mol. The summed E-state index contributed by atoms with van der Waals surface area (Å²) in [5.41, 5.74) is 2.63. The van der Waals surface area contributed by atoms with Gasteiger partial charge < -0.3 is 0 Å². The van der Waals surface area contributed by atoms with E-state index in [1.165, 1.54) is 20.0 Å². The molecule has 0 amide bonds. The molecule has 0 N–H and O–H groups in total. The van der Waals surface area contributed by atoms with Crippen LogP contribution in [0.1, 0.15) is 51.5 Å². The average molecular weight is 245 g/mol. The van der Waals surface area contributed by atoms with E-state index in [1.807, 2.05) is 31.2 Å². The molecule has 1 heteroatoms. The van der Waals surface area contributed by atoms with Crippen molar-refractivity contribution in [2.75, 3.05) is 0 Å². The molecule has 1 atom stereocenters. The molecule has 18 heavy (non-hydrogen) atoms. The van der Waals surface area contributed by atoms with Gasteiger partial charge >= 0.3 is 0 Å². The number of benzene rings is 1. The Morgan fingerprint density at radius 3 is 2.89 bits per heavy atom. The number of aryl methyl sites for hydroxylation is 2. The zero-order valence-corrected chi connectivity index (χ0v) is 10.9. The Balaban J connectivity index is 2.75. The standard InChI is InChI=1S/C17H21N/c1-5-14-11-18-17(10-16(14)12(2)3)15-9-7-6-8-13(15)4/h6-12H,5H2,1-4H3/i2D3,5D2,12D. The first kappa shape index (κ1) is 7.08. The van der Waals surface area contributed by atoms with Crippen LogP contribution >= 0.6 is 0 Å². The zero-order valence-electron chi connectivity index (χ0n) is 16.9. The second-order valence-electron chi connectivity index (χ2n) is 4.31. The first-order valence-electron chi connectivity index (χ1n) is 8.93. The second kappa shape index (κ2) is 5.34. The lowest BCUT2D eigenvalue weighted by atomic mass is 9.94. The molecule has 0 saturated carbocycles. The van der Waals surface area contributed by atoms with Gasteiger partial charge in [0.05, 0.1) is 5.69 Å². The van der Waals surface area contributed by atoms with Crippen LogP contribution in [-0.4, -0.2) is 4.98 Å². The molecule has 1 nitrogen and oxygen atoms in total. The Bertz CT molecular complexity index is 743. The summed E-state index contributed by atoms with van der Waals surface area (Å²) in [6.45, 7) is 1.98. The van der Waals surface area contributed by atoms with Crippen molar-refractivity contribution in [3.63, 3.8) is 0 Å². The van der Waals surface area contributed by atoms with Gasteiger partial charge in [-0.1, -0.05) is 45.0 Å². The van der Waals surface area contributed by atoms with Crippen LogP contribution in [0, 0.1) is 6.92 Å². The molecule has 2 rings (SSSR count). The van der Waals surface area contributed by atoms with Crippen LogP contribution in [0.4, 0.5) is 0 Å². The second-order valence-corrected chi connectivity index (χ2v) is 4.31. The van der Waals surface area contributed by atoms with Gasteiger partial charge in [0.25, 0.3) is 0 Å². The maximum absolute atomic E-state index is 8.40. The van der Waals surface area contributed by atoms with E-state index in [4.69, 9.17) is 8.22 Å². The van der Waals surface area contributed by atoms with Gasteiger partial charge in [-0.3, -0.25) is 4.98 Å². The van der Waals surface area contributed by atoms with Crippen molar-refractivity contribution in [1.82, 2.24) is 4.98 Å². The van der Waals surface area contributed by atoms with Crippen molar-refractivity contribution in [2.24, 2.45) is 0 Å². The third-order valence-corrected chi connectivity index (χ3v) is 3.00. The third-order valence-electron chi connectivity index (χ3n) is 3.00. The highest BCUT2D eigenvalue weighted by molar-refractivity contribution is 5.64. The van der Waals surface area contributed by atoms with Gasteiger partial charge in [-0.15, -0.1) is 0 Å². The molecule has 0 fully saturated rings. The molecule has 0 aliphatic heterocycles. The molecule has 1 heterocycles. The van der Waals surface area contributed by atoms with E-state index >= 15 is 0 Å². The Morgan fingerprint density at radius 2 is 2.22 bits per heavy atom. The maximum atomic E-state index is 8.40. The van der Waals surface area contributed by atoms with Gasteiger partial charge in [0.15, 0.2) is 0 Å². The van der Waals surface area contributed by atoms with Gasteiger partial charge in [-0.25, -0.2) is 0 Å². The summed E-state index contributed by atoms with van der Waals surface area (Å²) < 4.78 is 47.4. The number of pyridine rings is 1. The fourth-order valence-electron chi connectivity index (χ4n) is 1.97. The third kappa shape index (κ3) is 2.45. The minimum Gasteiger partial charge on any atom is -0.256 e. The molecule has 0 spiro atoms. The molecule has 0 saturated heterocycles. The molecule has 0 aliphatic rings. The van der Waals surface area contributed by atoms with Crippen LogP contribution in [0.2, 0.25) is 0 Å². The van der Waals surface area contributed by atoms with Crippen LogP contribution in [0.15, 0.2) is 36.5 Å². The molecule has 2 aromatic rings. The molecule has 1 aromatic heterocycles. The van der Waals surface area contributed by atoms with Crippen LogP contribution in [0.25, 0.3) is 11.3 Å². The Morgan fingerprint density at radius 1 is 1.44 bits per heavy atom. The van der Waals surface area contributed by atoms with Crippen molar-refractivity contribution in [2.45, 2.75) is 39.9 Å². The highest BCUT2D eigenvalue weighted by Gasteiger charge is 2.09. The number of hydrogen-bond donors (Lipinski definition) is 0. The van der Waals surface area contributed by atoms with Gasteiger partial charge in [0.2, 0.25) is 0 Å². The van der Waals surface area contributed by atoms with Crippen LogP contribution in [0.5, 0.6) is 0 Å². The number of aromatic nitrogens is 1. The fourth-order valence-corrected chi connectivity index (χ4v) is 1.97. The summed E-state index contributed by atoms with van der Waals surface area (Å²) in [6.07, 6.45) is -0.435. The van der Waals surface area contributed by atoms with Crippen molar-refractivity contribution in [3.8, 4) is 11.3 Å². The summed E-state index contributed by atoms with van der Waals surface area (Å²) in [6, 6.07) is 9.10. The Hall–Kier alpha value is -1.63. The quantitative estimate of drug-likeness (QED) is 0.761. The van der Waals surface area contributed by atoms with E-state index in [2.05, 4.69) is 4.98 Å². The average Bonchev–Trinajstić information content (AvgIpc) is 2.45. The van der Waals surface area contributed by atoms with Crippen LogP contribution in [-0.2, 0) is 6.37 Å².